The third-order valence-corrected chi connectivity index (χ3v) is 3.97. The van der Waals surface area contributed by atoms with Crippen LogP contribution in [0.1, 0.15) is 18.4 Å². The van der Waals surface area contributed by atoms with Crippen LogP contribution in [-0.2, 0) is 6.61 Å². The van der Waals surface area contributed by atoms with Crippen LogP contribution in [-0.4, -0.2) is 16.0 Å². The Kier molecular flexibility index (Phi) is 4.46. The van der Waals surface area contributed by atoms with Gasteiger partial charge in [0.1, 0.15) is 30.3 Å². The highest BCUT2D eigenvalue weighted by molar-refractivity contribution is 5.59. The van der Waals surface area contributed by atoms with Crippen LogP contribution in [0.2, 0.25) is 0 Å². The van der Waals surface area contributed by atoms with E-state index >= 15 is 0 Å². The zero-order valence-corrected chi connectivity index (χ0v) is 13.9. The molecular formula is C20H20N4O. The maximum absolute atomic E-state index is 5.80. The maximum atomic E-state index is 5.80. The molecular weight excluding hydrogens is 312 g/mol. The number of hydrogen-bond donors (Lipinski definition) is 2. The molecule has 0 amide bonds. The van der Waals surface area contributed by atoms with Gasteiger partial charge < -0.3 is 15.4 Å². The van der Waals surface area contributed by atoms with Crippen LogP contribution in [0.5, 0.6) is 5.75 Å². The number of ether oxygens (including phenoxy) is 1. The highest BCUT2D eigenvalue weighted by Crippen LogP contribution is 2.25. The van der Waals surface area contributed by atoms with Crippen LogP contribution in [0.15, 0.2) is 67.0 Å². The third-order valence-electron chi connectivity index (χ3n) is 3.97. The van der Waals surface area contributed by atoms with E-state index in [1.165, 1.54) is 12.8 Å². The highest BCUT2D eigenvalue weighted by Gasteiger charge is 2.21. The van der Waals surface area contributed by atoms with Gasteiger partial charge in [-0.15, -0.1) is 0 Å². The van der Waals surface area contributed by atoms with E-state index in [0.717, 1.165) is 28.6 Å². The van der Waals surface area contributed by atoms with Gasteiger partial charge in [0.15, 0.2) is 0 Å². The van der Waals surface area contributed by atoms with Gasteiger partial charge in [0.25, 0.3) is 0 Å². The van der Waals surface area contributed by atoms with Crippen molar-refractivity contribution in [3.05, 3.63) is 72.6 Å². The lowest BCUT2D eigenvalue weighted by molar-refractivity contribution is 0.306. The summed E-state index contributed by atoms with van der Waals surface area (Å²) in [6.07, 6.45) is 4.01. The Balaban J connectivity index is 1.35. The van der Waals surface area contributed by atoms with Gasteiger partial charge in [-0.3, -0.25) is 0 Å². The highest BCUT2D eigenvalue weighted by atomic mass is 16.5. The van der Waals surface area contributed by atoms with Crippen molar-refractivity contribution >= 4 is 17.3 Å². The molecule has 25 heavy (non-hydrogen) atoms. The van der Waals surface area contributed by atoms with Gasteiger partial charge in [-0.05, 0) is 42.7 Å². The van der Waals surface area contributed by atoms with Crippen molar-refractivity contribution in [2.45, 2.75) is 25.5 Å². The molecule has 1 fully saturated rings. The molecule has 1 aliphatic carbocycles. The summed E-state index contributed by atoms with van der Waals surface area (Å²) < 4.78 is 5.80. The number of nitrogens with zero attached hydrogens (tertiary/aromatic N) is 2. The van der Waals surface area contributed by atoms with Crippen LogP contribution < -0.4 is 15.4 Å². The Morgan fingerprint density at radius 2 is 1.68 bits per heavy atom. The molecule has 0 unspecified atom stereocenters. The van der Waals surface area contributed by atoms with Gasteiger partial charge in [0.2, 0.25) is 0 Å². The molecule has 1 heterocycles. The minimum atomic E-state index is 0.565. The van der Waals surface area contributed by atoms with E-state index in [4.69, 9.17) is 4.74 Å². The van der Waals surface area contributed by atoms with Gasteiger partial charge in [-0.1, -0.05) is 30.3 Å². The molecule has 2 N–H and O–H groups in total. The Hall–Kier alpha value is -3.08. The fourth-order valence-electron chi connectivity index (χ4n) is 2.46. The van der Waals surface area contributed by atoms with Crippen molar-refractivity contribution in [2.75, 3.05) is 10.6 Å². The van der Waals surface area contributed by atoms with E-state index in [1.807, 2.05) is 48.5 Å². The summed E-state index contributed by atoms with van der Waals surface area (Å²) in [4.78, 5) is 8.51. The van der Waals surface area contributed by atoms with Gasteiger partial charge in [0.05, 0.1) is 0 Å². The lowest BCUT2D eigenvalue weighted by Gasteiger charge is -2.10. The molecule has 1 aliphatic rings. The first-order valence-corrected chi connectivity index (χ1v) is 8.47. The molecule has 1 saturated carbocycles. The standard InChI is InChI=1S/C20H20N4O/c1-2-4-15(5-3-1)13-25-18-10-8-17(9-11-18)24-20-12-19(21-14-22-20)23-16-6-7-16/h1-5,8-12,14,16H,6-7,13H2,(H2,21,22,23,24). The Labute approximate surface area is 147 Å². The zero-order chi connectivity index (χ0) is 16.9. The molecule has 0 spiro atoms. The number of benzene rings is 2. The minimum absolute atomic E-state index is 0.565. The fraction of sp³-hybridized carbons (Fsp3) is 0.200. The summed E-state index contributed by atoms with van der Waals surface area (Å²) in [6, 6.07) is 20.5. The average Bonchev–Trinajstić information content (AvgIpc) is 3.46. The first-order chi connectivity index (χ1) is 12.3. The van der Waals surface area contributed by atoms with Crippen LogP contribution in [0, 0.1) is 0 Å². The molecule has 0 bridgehead atoms. The molecule has 1 aromatic heterocycles. The monoisotopic (exact) mass is 332 g/mol. The summed E-state index contributed by atoms with van der Waals surface area (Å²) in [7, 11) is 0. The van der Waals surface area contributed by atoms with Crippen molar-refractivity contribution in [2.24, 2.45) is 0 Å². The number of aromatic nitrogens is 2. The second kappa shape index (κ2) is 7.21. The lowest BCUT2D eigenvalue weighted by Crippen LogP contribution is -2.04. The van der Waals surface area contributed by atoms with E-state index < -0.39 is 0 Å². The van der Waals surface area contributed by atoms with Crippen molar-refractivity contribution in [3.63, 3.8) is 0 Å². The first-order valence-electron chi connectivity index (χ1n) is 8.47. The smallest absolute Gasteiger partial charge is 0.135 e. The van der Waals surface area contributed by atoms with Crippen LogP contribution in [0.3, 0.4) is 0 Å². The lowest BCUT2D eigenvalue weighted by atomic mass is 10.2. The van der Waals surface area contributed by atoms with Crippen LogP contribution in [0.25, 0.3) is 0 Å². The van der Waals surface area contributed by atoms with E-state index in [0.29, 0.717) is 12.6 Å². The predicted octanol–water partition coefficient (Wildman–Crippen LogP) is 4.37. The molecule has 3 aromatic rings. The first kappa shape index (κ1) is 15.4. The predicted molar refractivity (Wildman–Crippen MR) is 99.2 cm³/mol. The topological polar surface area (TPSA) is 59.1 Å². The quantitative estimate of drug-likeness (QED) is 0.672. The number of rotatable bonds is 7. The van der Waals surface area contributed by atoms with Gasteiger partial charge in [-0.25, -0.2) is 9.97 Å². The molecule has 2 aromatic carbocycles. The number of anilines is 3. The van der Waals surface area contributed by atoms with Gasteiger partial charge in [-0.2, -0.15) is 0 Å². The fourth-order valence-corrected chi connectivity index (χ4v) is 2.46. The van der Waals surface area contributed by atoms with Crippen molar-refractivity contribution in [1.82, 2.24) is 9.97 Å². The SMILES string of the molecule is c1ccc(COc2ccc(Nc3cc(NC4CC4)ncn3)cc2)cc1. The van der Waals surface area contributed by atoms with Crippen LogP contribution in [0.4, 0.5) is 17.3 Å². The molecule has 0 saturated heterocycles. The second-order valence-electron chi connectivity index (χ2n) is 6.13. The Bertz CT molecular complexity index is 817. The van der Waals surface area contributed by atoms with Crippen molar-refractivity contribution in [3.8, 4) is 5.75 Å². The van der Waals surface area contributed by atoms with E-state index in [1.54, 1.807) is 6.33 Å². The number of hydrogen-bond acceptors (Lipinski definition) is 5. The Morgan fingerprint density at radius 3 is 2.44 bits per heavy atom. The van der Waals surface area contributed by atoms with E-state index in [9.17, 15) is 0 Å². The molecule has 5 nitrogen and oxygen atoms in total. The summed E-state index contributed by atoms with van der Waals surface area (Å²) in [5.41, 5.74) is 2.12. The second-order valence-corrected chi connectivity index (χ2v) is 6.13. The average molecular weight is 332 g/mol. The molecule has 0 radical (unpaired) electrons. The van der Waals surface area contributed by atoms with Gasteiger partial charge in [0, 0.05) is 17.8 Å². The molecule has 126 valence electrons. The number of nitrogens with one attached hydrogen (secondary N) is 2. The molecule has 0 atom stereocenters. The van der Waals surface area contributed by atoms with E-state index in [2.05, 4.69) is 32.7 Å². The summed E-state index contributed by atoms with van der Waals surface area (Å²) >= 11 is 0. The van der Waals surface area contributed by atoms with Crippen molar-refractivity contribution < 1.29 is 4.74 Å². The normalized spacial score (nSPS) is 13.3. The molecule has 0 aliphatic heterocycles. The van der Waals surface area contributed by atoms with E-state index in [-0.39, 0.29) is 0 Å². The Morgan fingerprint density at radius 1 is 0.920 bits per heavy atom. The maximum Gasteiger partial charge on any atom is 0.135 e. The van der Waals surface area contributed by atoms with Gasteiger partial charge >= 0.3 is 0 Å². The zero-order valence-electron chi connectivity index (χ0n) is 13.9. The van der Waals surface area contributed by atoms with Crippen molar-refractivity contribution in [1.29, 1.82) is 0 Å². The molecule has 4 rings (SSSR count). The third kappa shape index (κ3) is 4.47. The summed E-state index contributed by atoms with van der Waals surface area (Å²) in [5, 5.41) is 6.66. The summed E-state index contributed by atoms with van der Waals surface area (Å²) in [6.45, 7) is 0.565. The summed E-state index contributed by atoms with van der Waals surface area (Å²) in [5.74, 6) is 2.48. The molecule has 5 heteroatoms. The largest absolute Gasteiger partial charge is 0.489 e. The minimum Gasteiger partial charge on any atom is -0.489 e. The van der Waals surface area contributed by atoms with Crippen LogP contribution >= 0.6 is 0 Å².